The monoisotopic (exact) mass is 327 g/mol. The van der Waals surface area contributed by atoms with E-state index < -0.39 is 11.6 Å². The van der Waals surface area contributed by atoms with Crippen LogP contribution >= 0.6 is 15.9 Å². The van der Waals surface area contributed by atoms with Crippen molar-refractivity contribution in [1.29, 1.82) is 0 Å². The highest BCUT2D eigenvalue weighted by Crippen LogP contribution is 2.37. The molecule has 1 aliphatic carbocycles. The summed E-state index contributed by atoms with van der Waals surface area (Å²) in [5.74, 6) is 0.0484. The number of benzene rings is 1. The van der Waals surface area contributed by atoms with E-state index in [9.17, 15) is 8.78 Å². The van der Waals surface area contributed by atoms with Crippen molar-refractivity contribution in [2.45, 2.75) is 30.6 Å². The molecule has 0 N–H and O–H groups in total. The van der Waals surface area contributed by atoms with Gasteiger partial charge in [0.25, 0.3) is 0 Å². The molecule has 0 aliphatic heterocycles. The van der Waals surface area contributed by atoms with Gasteiger partial charge >= 0.3 is 0 Å². The van der Waals surface area contributed by atoms with Crippen molar-refractivity contribution in [3.05, 3.63) is 47.0 Å². The Kier molecular flexibility index (Phi) is 3.35. The normalized spacial score (nSPS) is 14.9. The summed E-state index contributed by atoms with van der Waals surface area (Å²) in [6.07, 6.45) is 2.72. The summed E-state index contributed by atoms with van der Waals surface area (Å²) >= 11 is 3.39. The molecule has 1 heterocycles. The lowest BCUT2D eigenvalue weighted by Crippen LogP contribution is -2.06. The Bertz CT molecular complexity index is 608. The minimum atomic E-state index is -0.825. The van der Waals surface area contributed by atoms with Crippen molar-refractivity contribution in [3.63, 3.8) is 0 Å². The third-order valence-corrected chi connectivity index (χ3v) is 3.72. The molecule has 0 amide bonds. The molecule has 19 heavy (non-hydrogen) atoms. The standard InChI is InChI=1S/C13H12BrF2N3/c14-7-13-18-17-12(19(13)9-2-3-9)6-8-1-4-10(15)11(16)5-8/h1,4-5,9H,2-3,6-7H2. The maximum Gasteiger partial charge on any atom is 0.159 e. The molecule has 1 fully saturated rings. The third kappa shape index (κ3) is 2.54. The van der Waals surface area contributed by atoms with Crippen molar-refractivity contribution in [2.24, 2.45) is 0 Å². The van der Waals surface area contributed by atoms with Gasteiger partial charge in [0.15, 0.2) is 11.6 Å². The Balaban J connectivity index is 1.90. The van der Waals surface area contributed by atoms with Gasteiger partial charge in [0.2, 0.25) is 0 Å². The molecule has 3 nitrogen and oxygen atoms in total. The van der Waals surface area contributed by atoms with Crippen molar-refractivity contribution < 1.29 is 8.78 Å². The van der Waals surface area contributed by atoms with Crippen LogP contribution in [0.5, 0.6) is 0 Å². The van der Waals surface area contributed by atoms with Crippen molar-refractivity contribution in [2.75, 3.05) is 0 Å². The molecule has 100 valence electrons. The van der Waals surface area contributed by atoms with E-state index in [1.165, 1.54) is 6.07 Å². The lowest BCUT2D eigenvalue weighted by Gasteiger charge is -2.07. The number of halogens is 3. The van der Waals surface area contributed by atoms with Gasteiger partial charge in [-0.1, -0.05) is 22.0 Å². The molecule has 0 saturated heterocycles. The van der Waals surface area contributed by atoms with Gasteiger partial charge in [-0.25, -0.2) is 8.78 Å². The summed E-state index contributed by atoms with van der Waals surface area (Å²) in [5, 5.41) is 8.94. The van der Waals surface area contributed by atoms with Gasteiger partial charge in [-0.05, 0) is 30.5 Å². The fourth-order valence-electron chi connectivity index (χ4n) is 2.16. The Morgan fingerprint density at radius 1 is 1.16 bits per heavy atom. The van der Waals surface area contributed by atoms with E-state index in [1.54, 1.807) is 6.07 Å². The zero-order valence-corrected chi connectivity index (χ0v) is 11.7. The fourth-order valence-corrected chi connectivity index (χ4v) is 2.54. The predicted molar refractivity (Wildman–Crippen MR) is 70.1 cm³/mol. The van der Waals surface area contributed by atoms with Gasteiger partial charge in [-0.15, -0.1) is 10.2 Å². The highest BCUT2D eigenvalue weighted by molar-refractivity contribution is 9.08. The van der Waals surface area contributed by atoms with Gasteiger partial charge in [-0.2, -0.15) is 0 Å². The first-order valence-corrected chi connectivity index (χ1v) is 7.23. The van der Waals surface area contributed by atoms with Gasteiger partial charge in [0.1, 0.15) is 11.6 Å². The van der Waals surface area contributed by atoms with E-state index in [4.69, 9.17) is 0 Å². The van der Waals surface area contributed by atoms with Crippen LogP contribution in [-0.4, -0.2) is 14.8 Å². The number of hydrogen-bond donors (Lipinski definition) is 0. The maximum absolute atomic E-state index is 13.2. The molecule has 0 bridgehead atoms. The van der Waals surface area contributed by atoms with Crippen LogP contribution < -0.4 is 0 Å². The summed E-state index contributed by atoms with van der Waals surface area (Å²) in [6, 6.07) is 4.41. The van der Waals surface area contributed by atoms with Crippen LogP contribution in [0.25, 0.3) is 0 Å². The highest BCUT2D eigenvalue weighted by Gasteiger charge is 2.28. The van der Waals surface area contributed by atoms with Crippen LogP contribution in [-0.2, 0) is 11.8 Å². The number of rotatable bonds is 4. The van der Waals surface area contributed by atoms with E-state index in [0.29, 0.717) is 23.4 Å². The van der Waals surface area contributed by atoms with Crippen LogP contribution in [0.15, 0.2) is 18.2 Å². The van der Waals surface area contributed by atoms with Crippen molar-refractivity contribution in [3.8, 4) is 0 Å². The van der Waals surface area contributed by atoms with E-state index in [1.807, 2.05) is 0 Å². The molecule has 0 atom stereocenters. The van der Waals surface area contributed by atoms with Crippen LogP contribution in [0.3, 0.4) is 0 Å². The number of nitrogens with zero attached hydrogens (tertiary/aromatic N) is 3. The Labute approximate surface area is 117 Å². The Morgan fingerprint density at radius 2 is 1.89 bits per heavy atom. The maximum atomic E-state index is 13.2. The molecule has 0 spiro atoms. The zero-order chi connectivity index (χ0) is 13.4. The molecule has 1 aromatic carbocycles. The molecular weight excluding hydrogens is 316 g/mol. The molecule has 0 unspecified atom stereocenters. The summed E-state index contributed by atoms with van der Waals surface area (Å²) in [7, 11) is 0. The number of alkyl halides is 1. The SMILES string of the molecule is Fc1ccc(Cc2nnc(CBr)n2C2CC2)cc1F. The van der Waals surface area contributed by atoms with Gasteiger partial charge in [0, 0.05) is 12.5 Å². The molecular formula is C13H12BrF2N3. The third-order valence-electron chi connectivity index (χ3n) is 3.21. The smallest absolute Gasteiger partial charge is 0.159 e. The fraction of sp³-hybridized carbons (Fsp3) is 0.385. The second-order valence-electron chi connectivity index (χ2n) is 4.69. The first kappa shape index (κ1) is 12.7. The van der Waals surface area contributed by atoms with Gasteiger partial charge < -0.3 is 4.57 Å². The lowest BCUT2D eigenvalue weighted by molar-refractivity contribution is 0.507. The average Bonchev–Trinajstić information content (AvgIpc) is 3.16. The quantitative estimate of drug-likeness (QED) is 0.806. The highest BCUT2D eigenvalue weighted by atomic mass is 79.9. The summed E-state index contributed by atoms with van der Waals surface area (Å²) in [5.41, 5.74) is 0.703. The van der Waals surface area contributed by atoms with Gasteiger partial charge in [-0.3, -0.25) is 0 Å². The van der Waals surface area contributed by atoms with Gasteiger partial charge in [0.05, 0.1) is 5.33 Å². The summed E-state index contributed by atoms with van der Waals surface area (Å²) in [6.45, 7) is 0. The second-order valence-corrected chi connectivity index (χ2v) is 5.25. The average molecular weight is 328 g/mol. The first-order chi connectivity index (χ1) is 9.19. The topological polar surface area (TPSA) is 30.7 Å². The number of hydrogen-bond acceptors (Lipinski definition) is 2. The molecule has 3 rings (SSSR count). The van der Waals surface area contributed by atoms with Crippen LogP contribution in [0.4, 0.5) is 8.78 Å². The minimum absolute atomic E-state index is 0.461. The molecule has 6 heteroatoms. The second kappa shape index (κ2) is 5.00. The van der Waals surface area contributed by atoms with E-state index in [-0.39, 0.29) is 0 Å². The van der Waals surface area contributed by atoms with Crippen molar-refractivity contribution >= 4 is 15.9 Å². The van der Waals surface area contributed by atoms with Crippen LogP contribution in [0.2, 0.25) is 0 Å². The zero-order valence-electron chi connectivity index (χ0n) is 10.1. The Hall–Kier alpha value is -1.30. The molecule has 0 radical (unpaired) electrons. The van der Waals surface area contributed by atoms with Crippen LogP contribution in [0, 0.1) is 11.6 Å². The summed E-state index contributed by atoms with van der Waals surface area (Å²) in [4.78, 5) is 0. The largest absolute Gasteiger partial charge is 0.311 e. The molecule has 1 aliphatic rings. The van der Waals surface area contributed by atoms with E-state index >= 15 is 0 Å². The lowest BCUT2D eigenvalue weighted by atomic mass is 10.1. The summed E-state index contributed by atoms with van der Waals surface area (Å²) < 4.78 is 28.2. The predicted octanol–water partition coefficient (Wildman–Crippen LogP) is 3.38. The molecule has 2 aromatic rings. The number of aromatic nitrogens is 3. The molecule has 1 aromatic heterocycles. The first-order valence-electron chi connectivity index (χ1n) is 6.11. The van der Waals surface area contributed by atoms with E-state index in [0.717, 1.165) is 30.6 Å². The minimum Gasteiger partial charge on any atom is -0.311 e. The van der Waals surface area contributed by atoms with Crippen molar-refractivity contribution in [1.82, 2.24) is 14.8 Å². The van der Waals surface area contributed by atoms with E-state index in [2.05, 4.69) is 30.7 Å². The Morgan fingerprint density at radius 3 is 2.53 bits per heavy atom. The van der Waals surface area contributed by atoms with Crippen LogP contribution in [0.1, 0.15) is 36.1 Å². The molecule has 1 saturated carbocycles.